The summed E-state index contributed by atoms with van der Waals surface area (Å²) >= 11 is 0. The number of aromatic amines is 1. The fourth-order valence-electron chi connectivity index (χ4n) is 2.24. The molecule has 1 aromatic rings. The number of nitrogens with zero attached hydrogens (tertiary/aromatic N) is 2. The van der Waals surface area contributed by atoms with Crippen LogP contribution in [0.3, 0.4) is 0 Å². The van der Waals surface area contributed by atoms with Gasteiger partial charge < -0.3 is 9.64 Å². The van der Waals surface area contributed by atoms with Crippen molar-refractivity contribution in [2.45, 2.75) is 19.8 Å². The monoisotopic (exact) mass is 279 g/mol. The number of aromatic nitrogens is 2. The Labute approximate surface area is 115 Å². The molecule has 0 aromatic carbocycles. The van der Waals surface area contributed by atoms with Crippen molar-refractivity contribution in [3.63, 3.8) is 0 Å². The van der Waals surface area contributed by atoms with Crippen LogP contribution in [0.1, 0.15) is 30.3 Å². The second-order valence-corrected chi connectivity index (χ2v) is 4.65. The van der Waals surface area contributed by atoms with E-state index in [1.807, 2.05) is 0 Å². The van der Waals surface area contributed by atoms with Gasteiger partial charge in [0.1, 0.15) is 5.69 Å². The maximum Gasteiger partial charge on any atom is 0.310 e. The summed E-state index contributed by atoms with van der Waals surface area (Å²) in [5.41, 5.74) is -0.182. The summed E-state index contributed by atoms with van der Waals surface area (Å²) in [7, 11) is 0. The molecular formula is C13H17N3O4. The molecule has 1 atom stereocenters. The predicted octanol–water partition coefficient (Wildman–Crippen LogP) is 0.185. The number of H-pyrrole nitrogens is 1. The molecule has 1 N–H and O–H groups in total. The zero-order valence-corrected chi connectivity index (χ0v) is 11.3. The lowest BCUT2D eigenvalue weighted by Gasteiger charge is -2.31. The summed E-state index contributed by atoms with van der Waals surface area (Å²) in [6.45, 7) is 3.01. The Bertz CT molecular complexity index is 534. The van der Waals surface area contributed by atoms with E-state index in [0.717, 1.165) is 12.8 Å². The first-order valence-corrected chi connectivity index (χ1v) is 6.63. The molecule has 1 fully saturated rings. The van der Waals surface area contributed by atoms with Crippen molar-refractivity contribution in [2.75, 3.05) is 19.7 Å². The Morgan fingerprint density at radius 1 is 1.50 bits per heavy atom. The molecule has 7 heteroatoms. The Balaban J connectivity index is 2.04. The number of hydrogen-bond acceptors (Lipinski definition) is 5. The number of carbonyl (C=O) groups excluding carboxylic acids is 2. The fraction of sp³-hybridized carbons (Fsp3) is 0.538. The molecule has 0 unspecified atom stereocenters. The maximum atomic E-state index is 12.2. The van der Waals surface area contributed by atoms with Crippen LogP contribution in [0.15, 0.2) is 16.9 Å². The molecule has 0 bridgehead atoms. The van der Waals surface area contributed by atoms with E-state index < -0.39 is 0 Å². The SMILES string of the molecule is CCOC(=O)[C@@H]1CCCN(C(=O)c2ccc(=O)[nH]n2)C1. The summed E-state index contributed by atoms with van der Waals surface area (Å²) < 4.78 is 4.99. The number of piperidine rings is 1. The van der Waals surface area contributed by atoms with Gasteiger partial charge in [-0.05, 0) is 25.8 Å². The molecule has 1 amide bonds. The number of amides is 1. The molecule has 0 radical (unpaired) electrons. The Morgan fingerprint density at radius 3 is 2.95 bits per heavy atom. The first kappa shape index (κ1) is 14.2. The largest absolute Gasteiger partial charge is 0.466 e. The van der Waals surface area contributed by atoms with Gasteiger partial charge in [0.25, 0.3) is 11.5 Å². The van der Waals surface area contributed by atoms with Gasteiger partial charge in [0.15, 0.2) is 0 Å². The molecule has 1 aliphatic heterocycles. The number of carbonyl (C=O) groups is 2. The average Bonchev–Trinajstić information content (AvgIpc) is 2.48. The zero-order valence-electron chi connectivity index (χ0n) is 11.3. The first-order valence-electron chi connectivity index (χ1n) is 6.63. The molecule has 0 saturated carbocycles. The maximum absolute atomic E-state index is 12.2. The number of nitrogens with one attached hydrogen (secondary N) is 1. The van der Waals surface area contributed by atoms with Crippen LogP contribution < -0.4 is 5.56 Å². The quantitative estimate of drug-likeness (QED) is 0.797. The van der Waals surface area contributed by atoms with Gasteiger partial charge in [0, 0.05) is 19.2 Å². The van der Waals surface area contributed by atoms with Crippen LogP contribution in [0.25, 0.3) is 0 Å². The van der Waals surface area contributed by atoms with Gasteiger partial charge in [0.2, 0.25) is 0 Å². The van der Waals surface area contributed by atoms with Crippen LogP contribution in [0, 0.1) is 5.92 Å². The Morgan fingerprint density at radius 2 is 2.30 bits per heavy atom. The summed E-state index contributed by atoms with van der Waals surface area (Å²) in [5.74, 6) is -0.829. The van der Waals surface area contributed by atoms with Gasteiger partial charge in [-0.15, -0.1) is 0 Å². The van der Waals surface area contributed by atoms with Crippen molar-refractivity contribution >= 4 is 11.9 Å². The lowest BCUT2D eigenvalue weighted by Crippen LogP contribution is -2.43. The van der Waals surface area contributed by atoms with E-state index in [0.29, 0.717) is 19.7 Å². The highest BCUT2D eigenvalue weighted by Gasteiger charge is 2.30. The van der Waals surface area contributed by atoms with Crippen LogP contribution in [-0.2, 0) is 9.53 Å². The van der Waals surface area contributed by atoms with Gasteiger partial charge in [-0.2, -0.15) is 5.10 Å². The minimum Gasteiger partial charge on any atom is -0.466 e. The topological polar surface area (TPSA) is 92.4 Å². The molecule has 108 valence electrons. The van der Waals surface area contributed by atoms with Crippen LogP contribution in [-0.4, -0.2) is 46.7 Å². The van der Waals surface area contributed by atoms with Gasteiger partial charge in [-0.25, -0.2) is 5.10 Å². The molecule has 7 nitrogen and oxygen atoms in total. The smallest absolute Gasteiger partial charge is 0.310 e. The molecule has 0 spiro atoms. The van der Waals surface area contributed by atoms with Gasteiger partial charge in [0.05, 0.1) is 12.5 Å². The summed E-state index contributed by atoms with van der Waals surface area (Å²) in [5, 5.41) is 5.94. The molecule has 1 saturated heterocycles. The molecular weight excluding hydrogens is 262 g/mol. The highest BCUT2D eigenvalue weighted by molar-refractivity contribution is 5.92. The van der Waals surface area contributed by atoms with Crippen molar-refractivity contribution in [3.05, 3.63) is 28.2 Å². The normalized spacial score (nSPS) is 18.6. The standard InChI is InChI=1S/C13H17N3O4/c1-2-20-13(19)9-4-3-7-16(8-9)12(18)10-5-6-11(17)15-14-10/h5-6,9H,2-4,7-8H2,1H3,(H,15,17)/t9-/m1/s1. The van der Waals surface area contributed by atoms with Crippen LogP contribution in [0.2, 0.25) is 0 Å². The van der Waals surface area contributed by atoms with Gasteiger partial charge in [-0.1, -0.05) is 0 Å². The van der Waals surface area contributed by atoms with E-state index in [2.05, 4.69) is 10.2 Å². The molecule has 1 aliphatic rings. The molecule has 20 heavy (non-hydrogen) atoms. The molecule has 1 aromatic heterocycles. The summed E-state index contributed by atoms with van der Waals surface area (Å²) in [6.07, 6.45) is 1.47. The third kappa shape index (κ3) is 3.23. The second-order valence-electron chi connectivity index (χ2n) is 4.65. The Hall–Kier alpha value is -2.18. The Kier molecular flexibility index (Phi) is 4.49. The van der Waals surface area contributed by atoms with Crippen molar-refractivity contribution in [1.29, 1.82) is 0 Å². The van der Waals surface area contributed by atoms with Gasteiger partial charge >= 0.3 is 5.97 Å². The third-order valence-electron chi connectivity index (χ3n) is 3.23. The van der Waals surface area contributed by atoms with E-state index in [1.165, 1.54) is 12.1 Å². The lowest BCUT2D eigenvalue weighted by molar-refractivity contribution is -0.149. The van der Waals surface area contributed by atoms with E-state index >= 15 is 0 Å². The van der Waals surface area contributed by atoms with Crippen molar-refractivity contribution in [2.24, 2.45) is 5.92 Å². The number of likely N-dealkylation sites (tertiary alicyclic amines) is 1. The lowest BCUT2D eigenvalue weighted by atomic mass is 9.98. The van der Waals surface area contributed by atoms with Gasteiger partial charge in [-0.3, -0.25) is 14.4 Å². The van der Waals surface area contributed by atoms with Crippen LogP contribution in [0.4, 0.5) is 0 Å². The average molecular weight is 279 g/mol. The molecule has 0 aliphatic carbocycles. The van der Waals surface area contributed by atoms with Crippen molar-refractivity contribution in [1.82, 2.24) is 15.1 Å². The zero-order chi connectivity index (χ0) is 14.5. The summed E-state index contributed by atoms with van der Waals surface area (Å²) in [4.78, 5) is 36.5. The highest BCUT2D eigenvalue weighted by Crippen LogP contribution is 2.19. The van der Waals surface area contributed by atoms with E-state index in [9.17, 15) is 14.4 Å². The molecule has 2 rings (SSSR count). The van der Waals surface area contributed by atoms with Crippen molar-refractivity contribution < 1.29 is 14.3 Å². The number of esters is 1. The van der Waals surface area contributed by atoms with E-state index in [1.54, 1.807) is 11.8 Å². The number of hydrogen-bond donors (Lipinski definition) is 1. The second kappa shape index (κ2) is 6.31. The summed E-state index contributed by atoms with van der Waals surface area (Å²) in [6, 6.07) is 2.64. The van der Waals surface area contributed by atoms with Crippen LogP contribution in [0.5, 0.6) is 0 Å². The number of ether oxygens (including phenoxy) is 1. The number of rotatable bonds is 3. The fourth-order valence-corrected chi connectivity index (χ4v) is 2.24. The minimum atomic E-state index is -0.357. The highest BCUT2D eigenvalue weighted by atomic mass is 16.5. The predicted molar refractivity (Wildman–Crippen MR) is 70.1 cm³/mol. The van der Waals surface area contributed by atoms with E-state index in [-0.39, 0.29) is 29.0 Å². The first-order chi connectivity index (χ1) is 9.61. The van der Waals surface area contributed by atoms with Crippen LogP contribution >= 0.6 is 0 Å². The molecule has 2 heterocycles. The third-order valence-corrected chi connectivity index (χ3v) is 3.23. The van der Waals surface area contributed by atoms with E-state index in [4.69, 9.17) is 4.74 Å². The van der Waals surface area contributed by atoms with Crippen molar-refractivity contribution in [3.8, 4) is 0 Å². The minimum absolute atomic E-state index is 0.175.